The fourth-order valence-electron chi connectivity index (χ4n) is 1.70. The van der Waals surface area contributed by atoms with Crippen LogP contribution in [0.15, 0.2) is 0 Å². The number of rotatable bonds is 3. The van der Waals surface area contributed by atoms with Gasteiger partial charge in [-0.1, -0.05) is 13.3 Å². The molecule has 1 rings (SSSR count). The molecule has 1 fully saturated rings. The van der Waals surface area contributed by atoms with Gasteiger partial charge in [-0.05, 0) is 27.2 Å². The van der Waals surface area contributed by atoms with Gasteiger partial charge in [0.2, 0.25) is 0 Å². The van der Waals surface area contributed by atoms with Crippen molar-refractivity contribution in [3.05, 3.63) is 0 Å². The van der Waals surface area contributed by atoms with Gasteiger partial charge in [0.1, 0.15) is 5.54 Å². The predicted molar refractivity (Wildman–Crippen MR) is 55.3 cm³/mol. The largest absolute Gasteiger partial charge is 0.369 e. The summed E-state index contributed by atoms with van der Waals surface area (Å²) in [5.41, 5.74) is -2.33. The Hall–Kier alpha value is -0.810. The minimum atomic E-state index is -1.34. The van der Waals surface area contributed by atoms with Crippen molar-refractivity contribution >= 4 is 6.03 Å². The van der Waals surface area contributed by atoms with Gasteiger partial charge in [-0.25, -0.2) is 4.79 Å². The maximum absolute atomic E-state index is 11.7. The van der Waals surface area contributed by atoms with Crippen molar-refractivity contribution in [2.45, 2.75) is 51.8 Å². The van der Waals surface area contributed by atoms with Crippen molar-refractivity contribution in [3.8, 4) is 0 Å². The quantitative estimate of drug-likeness (QED) is 0.701. The molecule has 0 aromatic rings. The number of carbonyl (C=O) groups is 1. The third-order valence-electron chi connectivity index (χ3n) is 3.36. The lowest BCUT2D eigenvalue weighted by molar-refractivity contribution is -0.169. The van der Waals surface area contributed by atoms with E-state index in [1.165, 1.54) is 4.90 Å². The summed E-state index contributed by atoms with van der Waals surface area (Å²) in [7, 11) is 0. The summed E-state index contributed by atoms with van der Waals surface area (Å²) < 4.78 is 0. The minimum Gasteiger partial charge on any atom is -0.369 e. The summed E-state index contributed by atoms with van der Waals surface area (Å²) in [6.45, 7) is 7.30. The zero-order valence-corrected chi connectivity index (χ0v) is 9.82. The molecule has 1 saturated heterocycles. The van der Waals surface area contributed by atoms with Gasteiger partial charge < -0.3 is 5.11 Å². The number of urea groups is 1. The molecule has 1 aliphatic rings. The molecule has 5 heteroatoms. The Morgan fingerprint density at radius 2 is 1.87 bits per heavy atom. The van der Waals surface area contributed by atoms with Crippen LogP contribution >= 0.6 is 0 Å². The molecule has 0 radical (unpaired) electrons. The Balaban J connectivity index is 2.93. The number of hydroxylamine groups is 2. The average Bonchev–Trinajstić information content (AvgIpc) is 2.25. The Labute approximate surface area is 90.2 Å². The molecule has 88 valence electrons. The highest BCUT2D eigenvalue weighted by molar-refractivity contribution is 5.78. The summed E-state index contributed by atoms with van der Waals surface area (Å²) in [6, 6.07) is -0.529. The lowest BCUT2D eigenvalue weighted by Crippen LogP contribution is -2.55. The van der Waals surface area contributed by atoms with Crippen molar-refractivity contribution in [2.75, 3.05) is 6.54 Å². The highest BCUT2D eigenvalue weighted by atomic mass is 16.5. The van der Waals surface area contributed by atoms with Gasteiger partial charge in [0.25, 0.3) is 0 Å². The first-order valence-corrected chi connectivity index (χ1v) is 5.30. The molecule has 1 aliphatic heterocycles. The molecule has 0 bridgehead atoms. The zero-order valence-electron chi connectivity index (χ0n) is 9.82. The maximum atomic E-state index is 11.7. The van der Waals surface area contributed by atoms with Crippen LogP contribution in [0.1, 0.15) is 40.5 Å². The van der Waals surface area contributed by atoms with Crippen molar-refractivity contribution in [1.29, 1.82) is 0 Å². The van der Waals surface area contributed by atoms with E-state index in [4.69, 9.17) is 0 Å². The minimum absolute atomic E-state index is 0.461. The SMILES string of the molecule is CCCCN1C(=O)N(O)C(C)(C)C1(C)O. The van der Waals surface area contributed by atoms with Crippen molar-refractivity contribution in [1.82, 2.24) is 9.96 Å². The molecule has 0 aromatic heterocycles. The van der Waals surface area contributed by atoms with E-state index in [1.54, 1.807) is 20.8 Å². The Morgan fingerprint density at radius 1 is 1.33 bits per heavy atom. The van der Waals surface area contributed by atoms with Crippen LogP contribution < -0.4 is 0 Å². The van der Waals surface area contributed by atoms with E-state index in [-0.39, 0.29) is 0 Å². The standard InChI is InChI=1S/C10H20N2O3/c1-5-6-7-11-8(13)12(15)9(2,3)10(11,4)14/h14-15H,5-7H2,1-4H3. The van der Waals surface area contributed by atoms with Gasteiger partial charge in [-0.15, -0.1) is 0 Å². The highest BCUT2D eigenvalue weighted by Crippen LogP contribution is 2.38. The number of hydrogen-bond donors (Lipinski definition) is 2. The van der Waals surface area contributed by atoms with Gasteiger partial charge in [0.05, 0.1) is 0 Å². The molecule has 2 amide bonds. The smallest absolute Gasteiger partial charge is 0.346 e. The number of unbranched alkanes of at least 4 members (excludes halogenated alkanes) is 1. The van der Waals surface area contributed by atoms with Crippen LogP contribution in [-0.2, 0) is 0 Å². The summed E-state index contributed by atoms with van der Waals surface area (Å²) in [5, 5.41) is 20.5. The molecule has 1 unspecified atom stereocenters. The lowest BCUT2D eigenvalue weighted by atomic mass is 9.93. The third-order valence-corrected chi connectivity index (χ3v) is 3.36. The van der Waals surface area contributed by atoms with Crippen LogP contribution in [-0.4, -0.2) is 44.1 Å². The van der Waals surface area contributed by atoms with Gasteiger partial charge in [0, 0.05) is 6.54 Å². The first kappa shape index (κ1) is 12.3. The van der Waals surface area contributed by atoms with E-state index >= 15 is 0 Å². The number of hydrogen-bond acceptors (Lipinski definition) is 3. The highest BCUT2D eigenvalue weighted by Gasteiger charge is 2.59. The number of carbonyl (C=O) groups excluding carboxylic acids is 1. The molecule has 0 aromatic carbocycles. The topological polar surface area (TPSA) is 64.0 Å². The van der Waals surface area contributed by atoms with E-state index in [2.05, 4.69) is 0 Å². The van der Waals surface area contributed by atoms with Crippen LogP contribution in [0.5, 0.6) is 0 Å². The van der Waals surface area contributed by atoms with Gasteiger partial charge in [-0.2, -0.15) is 5.06 Å². The molecule has 2 N–H and O–H groups in total. The second-order valence-corrected chi connectivity index (χ2v) is 4.68. The van der Waals surface area contributed by atoms with Crippen LogP contribution in [0, 0.1) is 0 Å². The van der Waals surface area contributed by atoms with Crippen molar-refractivity contribution < 1.29 is 15.1 Å². The molecule has 1 atom stereocenters. The number of amides is 2. The van der Waals surface area contributed by atoms with Gasteiger partial charge >= 0.3 is 6.03 Å². The van der Waals surface area contributed by atoms with E-state index < -0.39 is 17.3 Å². The second kappa shape index (κ2) is 3.64. The summed E-state index contributed by atoms with van der Waals surface area (Å²) in [4.78, 5) is 13.0. The lowest BCUT2D eigenvalue weighted by Gasteiger charge is -2.37. The summed E-state index contributed by atoms with van der Waals surface area (Å²) in [6.07, 6.45) is 1.75. The number of aliphatic hydroxyl groups is 1. The average molecular weight is 216 g/mol. The summed E-state index contributed by atoms with van der Waals surface area (Å²) in [5.74, 6) is 0. The van der Waals surface area contributed by atoms with E-state index in [1.807, 2.05) is 6.92 Å². The fraction of sp³-hybridized carbons (Fsp3) is 0.900. The Bertz CT molecular complexity index is 263. The zero-order chi connectivity index (χ0) is 11.9. The molecular formula is C10H20N2O3. The van der Waals surface area contributed by atoms with Crippen molar-refractivity contribution in [3.63, 3.8) is 0 Å². The normalized spacial score (nSPS) is 30.1. The van der Waals surface area contributed by atoms with Crippen LogP contribution in [0.2, 0.25) is 0 Å². The first-order valence-electron chi connectivity index (χ1n) is 5.30. The van der Waals surface area contributed by atoms with Crippen molar-refractivity contribution in [2.24, 2.45) is 0 Å². The molecule has 0 saturated carbocycles. The van der Waals surface area contributed by atoms with E-state index in [0.29, 0.717) is 11.6 Å². The molecule has 5 nitrogen and oxygen atoms in total. The van der Waals surface area contributed by atoms with E-state index in [9.17, 15) is 15.1 Å². The van der Waals surface area contributed by atoms with E-state index in [0.717, 1.165) is 12.8 Å². The molecule has 0 spiro atoms. The predicted octanol–water partition coefficient (Wildman–Crippen LogP) is 1.40. The fourth-order valence-corrected chi connectivity index (χ4v) is 1.70. The molecule has 0 aliphatic carbocycles. The van der Waals surface area contributed by atoms with Crippen LogP contribution in [0.25, 0.3) is 0 Å². The molecule has 15 heavy (non-hydrogen) atoms. The Morgan fingerprint density at radius 3 is 2.20 bits per heavy atom. The molecule has 1 heterocycles. The van der Waals surface area contributed by atoms with Crippen LogP contribution in [0.4, 0.5) is 4.79 Å². The second-order valence-electron chi connectivity index (χ2n) is 4.68. The molecular weight excluding hydrogens is 196 g/mol. The first-order chi connectivity index (χ1) is 6.76. The van der Waals surface area contributed by atoms with Gasteiger partial charge in [-0.3, -0.25) is 10.1 Å². The van der Waals surface area contributed by atoms with Gasteiger partial charge in [0.15, 0.2) is 5.72 Å². The Kier molecular flexibility index (Phi) is 2.98. The summed E-state index contributed by atoms with van der Waals surface area (Å²) >= 11 is 0. The monoisotopic (exact) mass is 216 g/mol. The maximum Gasteiger partial charge on any atom is 0.346 e. The third kappa shape index (κ3) is 1.59. The van der Waals surface area contributed by atoms with Crippen LogP contribution in [0.3, 0.4) is 0 Å². The number of nitrogens with zero attached hydrogens (tertiary/aromatic N) is 2.